The fourth-order valence-electron chi connectivity index (χ4n) is 1.22. The van der Waals surface area contributed by atoms with E-state index in [0.717, 1.165) is 0 Å². The Morgan fingerprint density at radius 1 is 1.56 bits per heavy atom. The molecule has 1 heterocycles. The first-order valence-corrected chi connectivity index (χ1v) is 7.87. The van der Waals surface area contributed by atoms with Crippen LogP contribution in [0.25, 0.3) is 0 Å². The monoisotopic (exact) mass is 327 g/mol. The fraction of sp³-hybridized carbons (Fsp3) is 0.556. The van der Waals surface area contributed by atoms with E-state index in [-0.39, 0.29) is 0 Å². The molecule has 0 fully saturated rings. The van der Waals surface area contributed by atoms with Crippen molar-refractivity contribution in [2.75, 3.05) is 26.8 Å². The standard InChI is InChI=1S/C9H14BrNO3S2/c1-3-11(5-6-14-2)16(12,13)9-8(10)4-7-15-9/h4,7H,3,5-6H2,1-2H3. The molecule has 0 aromatic carbocycles. The van der Waals surface area contributed by atoms with Crippen molar-refractivity contribution >= 4 is 37.3 Å². The highest BCUT2D eigenvalue weighted by Gasteiger charge is 2.26. The minimum absolute atomic E-state index is 0.352. The van der Waals surface area contributed by atoms with Crippen LogP contribution in [0.15, 0.2) is 20.1 Å². The predicted octanol–water partition coefficient (Wildman–Crippen LogP) is 2.17. The van der Waals surface area contributed by atoms with E-state index in [1.807, 2.05) is 6.92 Å². The van der Waals surface area contributed by atoms with Gasteiger partial charge in [-0.2, -0.15) is 4.31 Å². The van der Waals surface area contributed by atoms with E-state index in [2.05, 4.69) is 15.9 Å². The minimum atomic E-state index is -3.39. The summed E-state index contributed by atoms with van der Waals surface area (Å²) >= 11 is 4.46. The van der Waals surface area contributed by atoms with Crippen LogP contribution in [0.5, 0.6) is 0 Å². The molecule has 1 aromatic heterocycles. The number of methoxy groups -OCH3 is 1. The number of rotatable bonds is 6. The normalized spacial score (nSPS) is 12.2. The van der Waals surface area contributed by atoms with Gasteiger partial charge in [0.05, 0.1) is 6.61 Å². The molecule has 0 N–H and O–H groups in total. The van der Waals surface area contributed by atoms with Gasteiger partial charge in [-0.1, -0.05) is 6.92 Å². The van der Waals surface area contributed by atoms with Gasteiger partial charge < -0.3 is 4.74 Å². The van der Waals surface area contributed by atoms with E-state index in [4.69, 9.17) is 4.74 Å². The van der Waals surface area contributed by atoms with Gasteiger partial charge in [-0.3, -0.25) is 0 Å². The number of hydrogen-bond donors (Lipinski definition) is 0. The Labute approximate surface area is 108 Å². The molecule has 0 aliphatic heterocycles. The molecule has 0 amide bonds. The second-order valence-corrected chi connectivity index (χ2v) is 6.95. The van der Waals surface area contributed by atoms with Crippen molar-refractivity contribution in [2.24, 2.45) is 0 Å². The van der Waals surface area contributed by atoms with Crippen LogP contribution >= 0.6 is 27.3 Å². The van der Waals surface area contributed by atoms with Crippen LogP contribution in [0.1, 0.15) is 6.92 Å². The lowest BCUT2D eigenvalue weighted by Gasteiger charge is -2.19. The lowest BCUT2D eigenvalue weighted by molar-refractivity contribution is 0.180. The third kappa shape index (κ3) is 3.04. The molecule has 0 saturated carbocycles. The molecule has 1 rings (SSSR count). The van der Waals surface area contributed by atoms with Gasteiger partial charge in [0.1, 0.15) is 4.21 Å². The van der Waals surface area contributed by atoms with E-state index in [9.17, 15) is 8.42 Å². The summed E-state index contributed by atoms with van der Waals surface area (Å²) in [5.74, 6) is 0. The summed E-state index contributed by atoms with van der Waals surface area (Å²) in [6.45, 7) is 3.03. The lowest BCUT2D eigenvalue weighted by Crippen LogP contribution is -2.33. The van der Waals surface area contributed by atoms with Gasteiger partial charge in [0.15, 0.2) is 0 Å². The summed E-state index contributed by atoms with van der Waals surface area (Å²) in [6, 6.07) is 1.74. The second-order valence-electron chi connectivity index (χ2n) is 3.05. The number of hydrogen-bond acceptors (Lipinski definition) is 4. The van der Waals surface area contributed by atoms with E-state index >= 15 is 0 Å². The van der Waals surface area contributed by atoms with Crippen LogP contribution < -0.4 is 0 Å². The first-order chi connectivity index (χ1) is 7.54. The molecule has 92 valence electrons. The Morgan fingerprint density at radius 3 is 2.69 bits per heavy atom. The van der Waals surface area contributed by atoms with Crippen molar-refractivity contribution in [1.82, 2.24) is 4.31 Å². The van der Waals surface area contributed by atoms with E-state index in [1.54, 1.807) is 18.6 Å². The third-order valence-electron chi connectivity index (χ3n) is 2.06. The summed E-state index contributed by atoms with van der Waals surface area (Å²) in [5.41, 5.74) is 0. The second kappa shape index (κ2) is 6.11. The van der Waals surface area contributed by atoms with E-state index < -0.39 is 10.0 Å². The number of nitrogens with zero attached hydrogens (tertiary/aromatic N) is 1. The topological polar surface area (TPSA) is 46.6 Å². The van der Waals surface area contributed by atoms with Crippen molar-refractivity contribution < 1.29 is 13.2 Å². The zero-order valence-electron chi connectivity index (χ0n) is 9.14. The zero-order valence-corrected chi connectivity index (χ0v) is 12.4. The Bertz CT molecular complexity index is 430. The van der Waals surface area contributed by atoms with Gasteiger partial charge >= 0.3 is 0 Å². The average Bonchev–Trinajstić information content (AvgIpc) is 2.66. The number of thiophene rings is 1. The maximum atomic E-state index is 12.2. The minimum Gasteiger partial charge on any atom is -0.383 e. The SMILES string of the molecule is CCN(CCOC)S(=O)(=O)c1sccc1Br. The van der Waals surface area contributed by atoms with Crippen LogP contribution in [0, 0.1) is 0 Å². The largest absolute Gasteiger partial charge is 0.383 e. The smallest absolute Gasteiger partial charge is 0.253 e. The zero-order chi connectivity index (χ0) is 12.2. The Kier molecular flexibility index (Phi) is 5.39. The number of halogens is 1. The van der Waals surface area contributed by atoms with Gasteiger partial charge in [-0.05, 0) is 27.4 Å². The highest BCUT2D eigenvalue weighted by atomic mass is 79.9. The predicted molar refractivity (Wildman–Crippen MR) is 68.3 cm³/mol. The van der Waals surface area contributed by atoms with E-state index in [1.165, 1.54) is 15.6 Å². The summed E-state index contributed by atoms with van der Waals surface area (Å²) in [4.78, 5) is 0. The summed E-state index contributed by atoms with van der Waals surface area (Å²) in [7, 11) is -1.83. The van der Waals surface area contributed by atoms with Gasteiger partial charge in [0, 0.05) is 24.7 Å². The Balaban J connectivity index is 2.95. The maximum Gasteiger partial charge on any atom is 0.253 e. The highest BCUT2D eigenvalue weighted by molar-refractivity contribution is 9.10. The van der Waals surface area contributed by atoms with Crippen molar-refractivity contribution in [1.29, 1.82) is 0 Å². The van der Waals surface area contributed by atoms with Crippen molar-refractivity contribution in [3.8, 4) is 0 Å². The molecule has 4 nitrogen and oxygen atoms in total. The first kappa shape index (κ1) is 14.1. The summed E-state index contributed by atoms with van der Waals surface area (Å²) in [6.07, 6.45) is 0. The molecule has 0 aliphatic rings. The van der Waals surface area contributed by atoms with Crippen LogP contribution in [-0.2, 0) is 14.8 Å². The van der Waals surface area contributed by atoms with Gasteiger partial charge in [-0.25, -0.2) is 8.42 Å². The number of likely N-dealkylation sites (N-methyl/N-ethyl adjacent to an activating group) is 1. The molecule has 0 saturated heterocycles. The van der Waals surface area contributed by atoms with Gasteiger partial charge in [-0.15, -0.1) is 11.3 Å². The Hall–Kier alpha value is 0.0500. The maximum absolute atomic E-state index is 12.2. The average molecular weight is 328 g/mol. The van der Waals surface area contributed by atoms with Crippen LogP contribution in [0.4, 0.5) is 0 Å². The van der Waals surface area contributed by atoms with E-state index in [0.29, 0.717) is 28.4 Å². The highest BCUT2D eigenvalue weighted by Crippen LogP contribution is 2.30. The van der Waals surface area contributed by atoms with Gasteiger partial charge in [0.2, 0.25) is 0 Å². The Morgan fingerprint density at radius 2 is 2.25 bits per heavy atom. The summed E-state index contributed by atoms with van der Waals surface area (Å²) < 4.78 is 31.7. The quantitative estimate of drug-likeness (QED) is 0.804. The van der Waals surface area contributed by atoms with Crippen molar-refractivity contribution in [3.63, 3.8) is 0 Å². The molecule has 0 unspecified atom stereocenters. The van der Waals surface area contributed by atoms with Crippen molar-refractivity contribution in [2.45, 2.75) is 11.1 Å². The third-order valence-corrected chi connectivity index (χ3v) is 6.68. The first-order valence-electron chi connectivity index (χ1n) is 4.76. The molecule has 0 radical (unpaired) electrons. The molecule has 7 heteroatoms. The molecule has 16 heavy (non-hydrogen) atoms. The molecular weight excluding hydrogens is 314 g/mol. The molecule has 0 atom stereocenters. The van der Waals surface area contributed by atoms with Crippen LogP contribution in [0.2, 0.25) is 0 Å². The molecule has 1 aromatic rings. The molecule has 0 spiro atoms. The van der Waals surface area contributed by atoms with Crippen LogP contribution in [-0.4, -0.2) is 39.5 Å². The number of sulfonamides is 1. The van der Waals surface area contributed by atoms with Gasteiger partial charge in [0.25, 0.3) is 10.0 Å². The molecule has 0 bridgehead atoms. The van der Waals surface area contributed by atoms with Crippen molar-refractivity contribution in [3.05, 3.63) is 15.9 Å². The lowest BCUT2D eigenvalue weighted by atomic mass is 10.6. The fourth-order valence-corrected chi connectivity index (χ4v) is 5.11. The number of ether oxygens (including phenoxy) is 1. The molecular formula is C9H14BrNO3S2. The summed E-state index contributed by atoms with van der Waals surface area (Å²) in [5, 5.41) is 1.75. The van der Waals surface area contributed by atoms with Crippen LogP contribution in [0.3, 0.4) is 0 Å². The molecule has 0 aliphatic carbocycles.